The van der Waals surface area contributed by atoms with Crippen molar-refractivity contribution in [2.24, 2.45) is 0 Å². The van der Waals surface area contributed by atoms with E-state index in [0.717, 1.165) is 28.4 Å². The first-order valence-corrected chi connectivity index (χ1v) is 14.6. The number of likely N-dealkylation sites (tertiary alicyclic amines) is 1. The van der Waals surface area contributed by atoms with Gasteiger partial charge in [0.25, 0.3) is 17.7 Å². The van der Waals surface area contributed by atoms with Crippen molar-refractivity contribution in [3.05, 3.63) is 33.8 Å². The smallest absolute Gasteiger partial charge is 0.404 e. The fourth-order valence-corrected chi connectivity index (χ4v) is 6.79. The van der Waals surface area contributed by atoms with Crippen LogP contribution in [0, 0.1) is 0 Å². The predicted octanol–water partition coefficient (Wildman–Crippen LogP) is 5.10. The average molecular weight is 664 g/mol. The maximum atomic E-state index is 13.9. The summed E-state index contributed by atoms with van der Waals surface area (Å²) in [6, 6.07) is -0.479. The molecule has 1 fully saturated rings. The van der Waals surface area contributed by atoms with Crippen LogP contribution in [0.15, 0.2) is 21.4 Å². The molecule has 1 saturated heterocycles. The van der Waals surface area contributed by atoms with Gasteiger partial charge >= 0.3 is 6.18 Å². The number of nitrogens with zero attached hydrogens (tertiary/aromatic N) is 4. The van der Waals surface area contributed by atoms with Gasteiger partial charge in [0.1, 0.15) is 22.2 Å². The number of hydrogen-bond acceptors (Lipinski definition) is 9. The molecule has 41 heavy (non-hydrogen) atoms. The van der Waals surface area contributed by atoms with Crippen LogP contribution in [0.2, 0.25) is 10.0 Å². The highest BCUT2D eigenvalue weighted by Crippen LogP contribution is 2.44. The number of sulfonamides is 1. The number of benzene rings is 1. The minimum atomic E-state index is -4.89. The van der Waals surface area contributed by atoms with Gasteiger partial charge in [-0.2, -0.15) is 17.9 Å². The second kappa shape index (κ2) is 10.7. The molecule has 1 aromatic carbocycles. The summed E-state index contributed by atoms with van der Waals surface area (Å²) in [5.41, 5.74) is -1.97. The number of carbonyl (C=O) groups is 1. The van der Waals surface area contributed by atoms with Crippen molar-refractivity contribution in [2.75, 3.05) is 13.1 Å². The molecule has 3 aromatic rings. The fourth-order valence-electron chi connectivity index (χ4n) is 3.63. The monoisotopic (exact) mass is 663 g/mol. The number of aromatic nitrogens is 3. The third-order valence-corrected chi connectivity index (χ3v) is 9.48. The van der Waals surface area contributed by atoms with Gasteiger partial charge in [-0.25, -0.2) is 22.2 Å². The summed E-state index contributed by atoms with van der Waals surface area (Å²) in [5, 5.41) is 16.5. The number of rotatable bonds is 7. The van der Waals surface area contributed by atoms with E-state index < -0.39 is 67.6 Å². The Bertz CT molecular complexity index is 1600. The number of alkyl halides is 5. The van der Waals surface area contributed by atoms with E-state index in [4.69, 9.17) is 27.6 Å². The molecule has 19 heteroatoms. The largest absolute Gasteiger partial charge is 0.415 e. The Kier molecular flexibility index (Phi) is 8.20. The van der Waals surface area contributed by atoms with Crippen LogP contribution in [0.3, 0.4) is 0 Å². The molecule has 1 aliphatic rings. The van der Waals surface area contributed by atoms with Crippen molar-refractivity contribution in [3.8, 4) is 21.3 Å². The van der Waals surface area contributed by atoms with Crippen molar-refractivity contribution in [2.45, 2.75) is 55.8 Å². The van der Waals surface area contributed by atoms with Gasteiger partial charge in [-0.3, -0.25) is 4.79 Å². The Hall–Kier alpha value is -2.44. The van der Waals surface area contributed by atoms with Gasteiger partial charge in [-0.05, 0) is 26.8 Å². The Morgan fingerprint density at radius 1 is 1.22 bits per heavy atom. The molecular formula is C22H20Cl2F5N5O5S2. The number of halogens is 7. The molecule has 0 radical (unpaired) electrons. The molecule has 1 atom stereocenters. The average Bonchev–Trinajstić information content (AvgIpc) is 3.57. The van der Waals surface area contributed by atoms with E-state index >= 15 is 0 Å². The molecule has 3 heterocycles. The van der Waals surface area contributed by atoms with Crippen LogP contribution < -0.4 is 4.72 Å². The maximum absolute atomic E-state index is 13.9. The molecule has 0 aliphatic carbocycles. The van der Waals surface area contributed by atoms with E-state index in [1.807, 2.05) is 0 Å². The molecule has 0 saturated carbocycles. The van der Waals surface area contributed by atoms with Crippen molar-refractivity contribution >= 4 is 50.5 Å². The highest BCUT2D eigenvalue weighted by molar-refractivity contribution is 7.89. The number of hydrogen-bond donors (Lipinski definition) is 2. The summed E-state index contributed by atoms with van der Waals surface area (Å²) in [7, 11) is -4.81. The zero-order chi connectivity index (χ0) is 30.7. The highest BCUT2D eigenvalue weighted by Gasteiger charge is 2.42. The number of carbonyl (C=O) groups excluding carboxylic acids is 1. The van der Waals surface area contributed by atoms with Crippen LogP contribution in [-0.4, -0.2) is 70.7 Å². The standard InChI is InChI=1S/C22H20Cl2F5N5O5S2/c1-9(22(27,28)29)33-41(37,38)11-5-4-10(12(23)13(11)24)15-14(18(35)34-7-6-21(25,26)8-34)30-17(40-15)16-31-32-19(39-16)20(2,3)36/h4-5,9,33,36H,6-8H2,1-3H3/t9-/m0/s1. The molecule has 2 N–H and O–H groups in total. The number of aliphatic hydroxyl groups is 1. The van der Waals surface area contributed by atoms with Gasteiger partial charge in [0, 0.05) is 18.5 Å². The number of thiazole rings is 1. The van der Waals surface area contributed by atoms with Crippen molar-refractivity contribution in [3.63, 3.8) is 0 Å². The van der Waals surface area contributed by atoms with E-state index in [1.165, 1.54) is 18.6 Å². The summed E-state index contributed by atoms with van der Waals surface area (Å²) in [6.07, 6.45) is -5.46. The van der Waals surface area contributed by atoms with Gasteiger partial charge < -0.3 is 14.4 Å². The van der Waals surface area contributed by atoms with Gasteiger partial charge in [-0.1, -0.05) is 29.3 Å². The third-order valence-electron chi connectivity index (χ3n) is 5.82. The Morgan fingerprint density at radius 2 is 1.88 bits per heavy atom. The van der Waals surface area contributed by atoms with Crippen molar-refractivity contribution in [1.82, 2.24) is 24.8 Å². The van der Waals surface area contributed by atoms with E-state index in [9.17, 15) is 40.3 Å². The van der Waals surface area contributed by atoms with Crippen LogP contribution in [0.25, 0.3) is 21.3 Å². The first-order chi connectivity index (χ1) is 18.7. The van der Waals surface area contributed by atoms with Crippen LogP contribution in [0.1, 0.15) is 43.6 Å². The minimum absolute atomic E-state index is 0.0457. The molecule has 0 bridgehead atoms. The normalized spacial score (nSPS) is 16.8. The summed E-state index contributed by atoms with van der Waals surface area (Å²) >= 11 is 13.3. The topological polar surface area (TPSA) is 139 Å². The minimum Gasteiger partial charge on any atom is -0.415 e. The van der Waals surface area contributed by atoms with Gasteiger partial charge in [0.05, 0.1) is 21.5 Å². The second-order valence-electron chi connectivity index (χ2n) is 9.62. The quantitative estimate of drug-likeness (QED) is 0.333. The number of nitrogens with one attached hydrogen (secondary N) is 1. The van der Waals surface area contributed by atoms with Crippen molar-refractivity contribution in [1.29, 1.82) is 0 Å². The van der Waals surface area contributed by atoms with Gasteiger partial charge in [0.15, 0.2) is 5.01 Å². The third kappa shape index (κ3) is 6.49. The first kappa shape index (κ1) is 31.5. The van der Waals surface area contributed by atoms with Crippen LogP contribution in [0.4, 0.5) is 22.0 Å². The lowest BCUT2D eigenvalue weighted by atomic mass is 10.1. The molecule has 4 rings (SSSR count). The van der Waals surface area contributed by atoms with E-state index in [2.05, 4.69) is 15.2 Å². The van der Waals surface area contributed by atoms with E-state index in [0.29, 0.717) is 6.92 Å². The molecule has 1 aliphatic heterocycles. The molecule has 0 spiro atoms. The maximum Gasteiger partial charge on any atom is 0.404 e. The summed E-state index contributed by atoms with van der Waals surface area (Å²) < 4.78 is 98.8. The van der Waals surface area contributed by atoms with E-state index in [1.54, 1.807) is 0 Å². The molecule has 2 aromatic heterocycles. The summed E-state index contributed by atoms with van der Waals surface area (Å²) in [4.78, 5) is 17.6. The summed E-state index contributed by atoms with van der Waals surface area (Å²) in [6.45, 7) is 2.19. The highest BCUT2D eigenvalue weighted by atomic mass is 35.5. The molecule has 10 nitrogen and oxygen atoms in total. The zero-order valence-electron chi connectivity index (χ0n) is 21.2. The SMILES string of the molecule is C[C@H](NS(=O)(=O)c1ccc(-c2sc(-c3nnc(C(C)(C)O)o3)nc2C(=O)N2CCC(F)(F)C2)c(Cl)c1Cl)C(F)(F)F. The zero-order valence-corrected chi connectivity index (χ0v) is 24.3. The Balaban J connectivity index is 1.82. The van der Waals surface area contributed by atoms with Crippen LogP contribution in [0.5, 0.6) is 0 Å². The van der Waals surface area contributed by atoms with Crippen molar-refractivity contribution < 1.29 is 44.7 Å². The van der Waals surface area contributed by atoms with E-state index in [-0.39, 0.29) is 39.5 Å². The lowest BCUT2D eigenvalue weighted by Gasteiger charge is -2.19. The second-order valence-corrected chi connectivity index (χ2v) is 13.1. The lowest BCUT2D eigenvalue weighted by Crippen LogP contribution is -2.43. The molecule has 224 valence electrons. The molecule has 1 amide bonds. The lowest BCUT2D eigenvalue weighted by molar-refractivity contribution is -0.147. The number of amides is 1. The van der Waals surface area contributed by atoms with Crippen LogP contribution >= 0.6 is 34.5 Å². The first-order valence-electron chi connectivity index (χ1n) is 11.5. The Labute approximate surface area is 243 Å². The van der Waals surface area contributed by atoms with Gasteiger partial charge in [0.2, 0.25) is 15.9 Å². The molecular weight excluding hydrogens is 644 g/mol. The predicted molar refractivity (Wildman–Crippen MR) is 137 cm³/mol. The Morgan fingerprint density at radius 3 is 2.41 bits per heavy atom. The fraction of sp³-hybridized carbons (Fsp3) is 0.455. The molecule has 0 unspecified atom stereocenters. The van der Waals surface area contributed by atoms with Gasteiger partial charge in [-0.15, -0.1) is 21.5 Å². The van der Waals surface area contributed by atoms with Crippen LogP contribution in [-0.2, 0) is 15.6 Å². The summed E-state index contributed by atoms with van der Waals surface area (Å²) in [5.74, 6) is -4.45.